The van der Waals surface area contributed by atoms with Crippen molar-refractivity contribution in [1.82, 2.24) is 0 Å². The van der Waals surface area contributed by atoms with E-state index in [-0.39, 0.29) is 5.91 Å². The van der Waals surface area contributed by atoms with Crippen LogP contribution in [0.15, 0.2) is 41.3 Å². The highest BCUT2D eigenvalue weighted by Crippen LogP contribution is 2.18. The van der Waals surface area contributed by atoms with E-state index in [0.29, 0.717) is 5.75 Å². The first-order valence-corrected chi connectivity index (χ1v) is 8.37. The fourth-order valence-electron chi connectivity index (χ4n) is 1.27. The molecule has 0 saturated heterocycles. The maximum absolute atomic E-state index is 11.6. The first kappa shape index (κ1) is 21.1. The molecule has 0 unspecified atom stereocenters. The molecule has 3 heteroatoms. The highest BCUT2D eigenvalue weighted by atomic mass is 32.2. The van der Waals surface area contributed by atoms with E-state index in [0.717, 1.165) is 12.1 Å². The number of rotatable bonds is 5. The quantitative estimate of drug-likeness (QED) is 0.752. The van der Waals surface area contributed by atoms with E-state index in [2.05, 4.69) is 18.3 Å². The van der Waals surface area contributed by atoms with Crippen LogP contribution in [0.1, 0.15) is 48.0 Å². The van der Waals surface area contributed by atoms with E-state index in [1.165, 1.54) is 4.91 Å². The summed E-state index contributed by atoms with van der Waals surface area (Å²) in [5, 5.41) is 2.86. The van der Waals surface area contributed by atoms with Crippen LogP contribution in [-0.4, -0.2) is 11.7 Å². The van der Waals surface area contributed by atoms with Gasteiger partial charge in [0.15, 0.2) is 0 Å². The van der Waals surface area contributed by atoms with Gasteiger partial charge in [0, 0.05) is 5.69 Å². The van der Waals surface area contributed by atoms with Gasteiger partial charge in [0.1, 0.15) is 0 Å². The van der Waals surface area contributed by atoms with Crippen molar-refractivity contribution in [2.45, 2.75) is 48.0 Å². The number of amides is 1. The molecule has 1 N–H and O–H groups in total. The summed E-state index contributed by atoms with van der Waals surface area (Å²) in [4.78, 5) is 12.8. The van der Waals surface area contributed by atoms with E-state index in [1.807, 2.05) is 65.0 Å². The molecule has 2 nitrogen and oxygen atoms in total. The number of hydrogen-bond acceptors (Lipinski definition) is 2. The Balaban J connectivity index is 0. The lowest BCUT2D eigenvalue weighted by molar-refractivity contribution is -0.113. The normalized spacial score (nSPS) is 9.60. The van der Waals surface area contributed by atoms with Crippen LogP contribution in [0.5, 0.6) is 0 Å². The Labute approximate surface area is 129 Å². The van der Waals surface area contributed by atoms with Gasteiger partial charge in [-0.15, -0.1) is 11.8 Å². The molecule has 1 amide bonds. The lowest BCUT2D eigenvalue weighted by Crippen LogP contribution is -2.13. The summed E-state index contributed by atoms with van der Waals surface area (Å²) in [5.41, 5.74) is 0.853. The van der Waals surface area contributed by atoms with Crippen LogP contribution in [0.25, 0.3) is 0 Å². The summed E-state index contributed by atoms with van der Waals surface area (Å²) in [6.45, 7) is 12.1. The van der Waals surface area contributed by atoms with E-state index in [4.69, 9.17) is 0 Å². The van der Waals surface area contributed by atoms with Crippen LogP contribution >= 0.6 is 11.8 Å². The molecule has 0 fully saturated rings. The van der Waals surface area contributed by atoms with Gasteiger partial charge in [-0.2, -0.15) is 0 Å². The van der Waals surface area contributed by atoms with Crippen molar-refractivity contribution in [3.05, 3.63) is 41.3 Å². The first-order chi connectivity index (χ1) is 9.76. The Morgan fingerprint density at radius 2 is 1.70 bits per heavy atom. The van der Waals surface area contributed by atoms with Gasteiger partial charge >= 0.3 is 0 Å². The predicted octanol–water partition coefficient (Wildman–Crippen LogP) is 5.72. The lowest BCUT2D eigenvalue weighted by atomic mass is 10.3. The number of allylic oxidation sites excluding steroid dienone is 2. The highest BCUT2D eigenvalue weighted by molar-refractivity contribution is 8.03. The number of para-hydroxylation sites is 1. The Kier molecular flexibility index (Phi) is 16.7. The highest BCUT2D eigenvalue weighted by Gasteiger charge is 2.03. The van der Waals surface area contributed by atoms with Crippen LogP contribution in [0, 0.1) is 0 Å². The van der Waals surface area contributed by atoms with Gasteiger partial charge < -0.3 is 5.32 Å². The van der Waals surface area contributed by atoms with Crippen molar-refractivity contribution in [1.29, 1.82) is 0 Å². The molecule has 0 radical (unpaired) electrons. The molecule has 0 aliphatic heterocycles. The predicted molar refractivity (Wildman–Crippen MR) is 94.3 cm³/mol. The second-order valence-electron chi connectivity index (χ2n) is 3.31. The minimum atomic E-state index is 0.0454. The standard InChI is InChI=1S/C13H17NOS.2C2H6/c1-3-12(4-2)16-10-13(15)14-11-8-6-5-7-9-11;2*1-2/h3,5-9H,4,10H2,1-2H3,(H,14,15);2*1-2H3/b12-3-;;. The summed E-state index contributed by atoms with van der Waals surface area (Å²) in [6, 6.07) is 9.52. The minimum Gasteiger partial charge on any atom is -0.325 e. The molecule has 0 saturated carbocycles. The second-order valence-corrected chi connectivity index (χ2v) is 4.41. The molecule has 0 aliphatic carbocycles. The molecular formula is C17H29NOS. The third kappa shape index (κ3) is 10.7. The summed E-state index contributed by atoms with van der Waals surface area (Å²) in [5.74, 6) is 0.520. The van der Waals surface area contributed by atoms with Gasteiger partial charge in [-0.25, -0.2) is 0 Å². The number of hydrogen-bond donors (Lipinski definition) is 1. The van der Waals surface area contributed by atoms with Gasteiger partial charge in [0.05, 0.1) is 5.75 Å². The van der Waals surface area contributed by atoms with Gasteiger partial charge in [-0.05, 0) is 30.4 Å². The fraction of sp³-hybridized carbons (Fsp3) is 0.471. The molecule has 1 rings (SSSR count). The molecule has 0 heterocycles. The third-order valence-corrected chi connectivity index (χ3v) is 3.42. The number of carbonyl (C=O) groups excluding carboxylic acids is 1. The Hall–Kier alpha value is -1.22. The van der Waals surface area contributed by atoms with E-state index < -0.39 is 0 Å². The van der Waals surface area contributed by atoms with Crippen molar-refractivity contribution in [2.24, 2.45) is 0 Å². The average Bonchev–Trinajstić information content (AvgIpc) is 2.53. The lowest BCUT2D eigenvalue weighted by Gasteiger charge is -2.05. The maximum Gasteiger partial charge on any atom is 0.234 e. The largest absolute Gasteiger partial charge is 0.325 e. The van der Waals surface area contributed by atoms with Gasteiger partial charge in [-0.3, -0.25) is 4.79 Å². The zero-order valence-electron chi connectivity index (χ0n) is 13.7. The maximum atomic E-state index is 11.6. The van der Waals surface area contributed by atoms with E-state index in [1.54, 1.807) is 11.8 Å². The molecule has 0 spiro atoms. The number of nitrogens with one attached hydrogen (secondary N) is 1. The SMILES string of the molecule is C/C=C(/CC)SCC(=O)Nc1ccccc1.CC.CC. The van der Waals surface area contributed by atoms with E-state index in [9.17, 15) is 4.79 Å². The van der Waals surface area contributed by atoms with Crippen LogP contribution < -0.4 is 5.32 Å². The molecule has 1 aromatic rings. The Morgan fingerprint density at radius 1 is 1.15 bits per heavy atom. The van der Waals surface area contributed by atoms with Gasteiger partial charge in [0.2, 0.25) is 5.91 Å². The zero-order chi connectivity index (χ0) is 15.8. The van der Waals surface area contributed by atoms with Crippen LogP contribution in [0.4, 0.5) is 5.69 Å². The minimum absolute atomic E-state index is 0.0454. The second kappa shape index (κ2) is 15.8. The van der Waals surface area contributed by atoms with E-state index >= 15 is 0 Å². The monoisotopic (exact) mass is 295 g/mol. The third-order valence-electron chi connectivity index (χ3n) is 2.12. The van der Waals surface area contributed by atoms with Gasteiger partial charge in [-0.1, -0.05) is 58.9 Å². The van der Waals surface area contributed by atoms with Crippen molar-refractivity contribution in [3.63, 3.8) is 0 Å². The van der Waals surface area contributed by atoms with Crippen molar-refractivity contribution in [2.75, 3.05) is 11.1 Å². The molecule has 20 heavy (non-hydrogen) atoms. The molecule has 0 aromatic heterocycles. The number of benzene rings is 1. The number of carbonyl (C=O) groups is 1. The zero-order valence-corrected chi connectivity index (χ0v) is 14.5. The number of anilines is 1. The van der Waals surface area contributed by atoms with Crippen molar-refractivity contribution < 1.29 is 4.79 Å². The Morgan fingerprint density at radius 3 is 2.15 bits per heavy atom. The van der Waals surface area contributed by atoms with Crippen molar-refractivity contribution >= 4 is 23.4 Å². The summed E-state index contributed by atoms with van der Waals surface area (Å²) in [6.07, 6.45) is 3.04. The molecule has 0 atom stereocenters. The molecule has 1 aromatic carbocycles. The average molecular weight is 295 g/mol. The topological polar surface area (TPSA) is 29.1 Å². The first-order valence-electron chi connectivity index (χ1n) is 7.39. The fourth-order valence-corrected chi connectivity index (χ4v) is 2.03. The van der Waals surface area contributed by atoms with Crippen LogP contribution in [0.3, 0.4) is 0 Å². The molecule has 0 aliphatic rings. The molecular weight excluding hydrogens is 266 g/mol. The summed E-state index contributed by atoms with van der Waals surface area (Å²) in [7, 11) is 0. The molecule has 114 valence electrons. The Bertz CT molecular complexity index is 361. The summed E-state index contributed by atoms with van der Waals surface area (Å²) < 4.78 is 0. The number of thioether (sulfide) groups is 1. The summed E-state index contributed by atoms with van der Waals surface area (Å²) >= 11 is 1.60. The van der Waals surface area contributed by atoms with Crippen LogP contribution in [-0.2, 0) is 4.79 Å². The smallest absolute Gasteiger partial charge is 0.234 e. The van der Waals surface area contributed by atoms with Crippen LogP contribution in [0.2, 0.25) is 0 Å². The molecule has 0 bridgehead atoms. The van der Waals surface area contributed by atoms with Crippen molar-refractivity contribution in [3.8, 4) is 0 Å². The van der Waals surface area contributed by atoms with Gasteiger partial charge in [0.25, 0.3) is 0 Å².